The third kappa shape index (κ3) is 6.31. The van der Waals surface area contributed by atoms with Crippen molar-refractivity contribution in [1.82, 2.24) is 19.8 Å². The lowest BCUT2D eigenvalue weighted by Crippen LogP contribution is -2.46. The van der Waals surface area contributed by atoms with Crippen LogP contribution in [0.15, 0.2) is 41.8 Å². The van der Waals surface area contributed by atoms with E-state index < -0.39 is 11.9 Å². The van der Waals surface area contributed by atoms with Crippen LogP contribution in [-0.4, -0.2) is 64.7 Å². The van der Waals surface area contributed by atoms with Crippen molar-refractivity contribution in [1.29, 1.82) is 0 Å². The molecule has 0 atom stereocenters. The van der Waals surface area contributed by atoms with Gasteiger partial charge in [-0.25, -0.2) is 4.98 Å². The van der Waals surface area contributed by atoms with Crippen LogP contribution in [0.5, 0.6) is 0 Å². The first kappa shape index (κ1) is 25.9. The molecule has 2 saturated heterocycles. The summed E-state index contributed by atoms with van der Waals surface area (Å²) in [6.07, 6.45) is 1.36. The minimum absolute atomic E-state index is 0.00605. The molecule has 2 aliphatic heterocycles. The predicted octanol–water partition coefficient (Wildman–Crippen LogP) is 3.58. The molecule has 36 heavy (non-hydrogen) atoms. The van der Waals surface area contributed by atoms with E-state index in [-0.39, 0.29) is 17.7 Å². The van der Waals surface area contributed by atoms with E-state index in [0.29, 0.717) is 43.0 Å². The van der Waals surface area contributed by atoms with Gasteiger partial charge in [-0.2, -0.15) is 13.2 Å². The number of hydrogen-bond acceptors (Lipinski definition) is 7. The monoisotopic (exact) mass is 504 g/mol. The number of rotatable bonds is 6. The molecule has 2 aliphatic rings. The van der Waals surface area contributed by atoms with Crippen LogP contribution in [0.25, 0.3) is 0 Å². The van der Waals surface area contributed by atoms with Gasteiger partial charge in [0.25, 0.3) is 0 Å². The lowest BCUT2D eigenvalue weighted by Gasteiger charge is -2.37. The van der Waals surface area contributed by atoms with Crippen LogP contribution in [0.1, 0.15) is 42.5 Å². The Hall–Kier alpha value is -3.21. The summed E-state index contributed by atoms with van der Waals surface area (Å²) in [6.45, 7) is 3.65. The predicted molar refractivity (Wildman–Crippen MR) is 129 cm³/mol. The van der Waals surface area contributed by atoms with Crippen molar-refractivity contribution in [2.24, 2.45) is 17.0 Å². The number of pyridine rings is 2. The smallest absolute Gasteiger partial charge is 0.399 e. The molecular formula is C25H31F3N6O2. The fourth-order valence-corrected chi connectivity index (χ4v) is 4.99. The number of hydrogen-bond donors (Lipinski definition) is 1. The van der Waals surface area contributed by atoms with Crippen LogP contribution in [0, 0.1) is 11.8 Å². The number of nitrogens with zero attached hydrogens (tertiary/aromatic N) is 5. The van der Waals surface area contributed by atoms with Gasteiger partial charge in [-0.1, -0.05) is 5.16 Å². The molecule has 11 heteroatoms. The Morgan fingerprint density at radius 2 is 1.78 bits per heavy atom. The summed E-state index contributed by atoms with van der Waals surface area (Å²) in [4.78, 5) is 30.0. The number of halogens is 3. The van der Waals surface area contributed by atoms with E-state index in [1.807, 2.05) is 17.0 Å². The topological polar surface area (TPSA) is 96.9 Å². The number of carbonyl (C=O) groups excluding carboxylic acids is 1. The highest BCUT2D eigenvalue weighted by Gasteiger charge is 2.34. The maximum atomic E-state index is 13.2. The van der Waals surface area contributed by atoms with Gasteiger partial charge in [0, 0.05) is 49.4 Å². The zero-order chi connectivity index (χ0) is 25.7. The standard InChI is InChI=1S/C25H31F3N6O2/c1-36-32-23(20-2-3-21(31-15-20)25(26,27)28)18-7-12-34(13-8-18)24(35)19-5-10-33(11-6-19)16-17-4-9-30-22(29)14-17/h2-4,9,14-15,18-19H,5-8,10-13,16H2,1H3,(H2,29,30)/b32-23-. The van der Waals surface area contributed by atoms with Crippen molar-refractivity contribution in [3.05, 3.63) is 53.5 Å². The van der Waals surface area contributed by atoms with E-state index in [1.54, 1.807) is 6.20 Å². The second-order valence-electron chi connectivity index (χ2n) is 9.33. The molecule has 0 aromatic carbocycles. The number of nitrogens with two attached hydrogens (primary N) is 1. The van der Waals surface area contributed by atoms with Crippen molar-refractivity contribution >= 4 is 17.4 Å². The summed E-state index contributed by atoms with van der Waals surface area (Å²) in [5.74, 6) is 0.672. The number of likely N-dealkylation sites (tertiary alicyclic amines) is 2. The Bertz CT molecular complexity index is 1060. The molecule has 194 valence electrons. The number of nitrogen functional groups attached to an aromatic ring is 1. The summed E-state index contributed by atoms with van der Waals surface area (Å²) >= 11 is 0. The average molecular weight is 505 g/mol. The molecule has 2 aromatic heterocycles. The first-order valence-electron chi connectivity index (χ1n) is 12.1. The molecule has 0 radical (unpaired) electrons. The maximum Gasteiger partial charge on any atom is 0.433 e. The van der Waals surface area contributed by atoms with Gasteiger partial charge in [0.2, 0.25) is 5.91 Å². The van der Waals surface area contributed by atoms with Crippen LogP contribution in [0.2, 0.25) is 0 Å². The van der Waals surface area contributed by atoms with Gasteiger partial charge in [0.15, 0.2) is 0 Å². The van der Waals surface area contributed by atoms with Crippen molar-refractivity contribution in [2.75, 3.05) is 39.0 Å². The fraction of sp³-hybridized carbons (Fsp3) is 0.520. The molecular weight excluding hydrogens is 473 g/mol. The number of piperidine rings is 2. The molecule has 4 rings (SSSR count). The molecule has 1 amide bonds. The number of aromatic nitrogens is 2. The Morgan fingerprint density at radius 1 is 1.08 bits per heavy atom. The number of oxime groups is 1. The highest BCUT2D eigenvalue weighted by atomic mass is 19.4. The summed E-state index contributed by atoms with van der Waals surface area (Å²) in [5.41, 5.74) is 7.01. The van der Waals surface area contributed by atoms with Crippen molar-refractivity contribution < 1.29 is 22.8 Å². The van der Waals surface area contributed by atoms with Gasteiger partial charge < -0.3 is 15.5 Å². The summed E-state index contributed by atoms with van der Waals surface area (Å²) in [6, 6.07) is 6.16. The Morgan fingerprint density at radius 3 is 2.36 bits per heavy atom. The number of amides is 1. The molecule has 0 spiro atoms. The Labute approximate surface area is 208 Å². The number of carbonyl (C=O) groups is 1. The second-order valence-corrected chi connectivity index (χ2v) is 9.33. The maximum absolute atomic E-state index is 13.2. The highest BCUT2D eigenvalue weighted by molar-refractivity contribution is 6.01. The van der Waals surface area contributed by atoms with Crippen LogP contribution >= 0.6 is 0 Å². The van der Waals surface area contributed by atoms with Crippen LogP contribution in [-0.2, 0) is 22.4 Å². The van der Waals surface area contributed by atoms with Crippen molar-refractivity contribution in [3.8, 4) is 0 Å². The largest absolute Gasteiger partial charge is 0.433 e. The van der Waals surface area contributed by atoms with E-state index >= 15 is 0 Å². The molecule has 0 unspecified atom stereocenters. The zero-order valence-corrected chi connectivity index (χ0v) is 20.2. The lowest BCUT2D eigenvalue weighted by molar-refractivity contribution is -0.141. The summed E-state index contributed by atoms with van der Waals surface area (Å²) in [7, 11) is 1.41. The molecule has 2 aromatic rings. The lowest BCUT2D eigenvalue weighted by atomic mass is 9.87. The summed E-state index contributed by atoms with van der Waals surface area (Å²) < 4.78 is 38.6. The quantitative estimate of drug-likeness (QED) is 0.477. The zero-order valence-electron chi connectivity index (χ0n) is 20.2. The van der Waals surface area contributed by atoms with Gasteiger partial charge in [-0.15, -0.1) is 0 Å². The van der Waals surface area contributed by atoms with Gasteiger partial charge in [0.05, 0.1) is 5.71 Å². The minimum Gasteiger partial charge on any atom is -0.399 e. The SMILES string of the molecule is CO/N=C(\c1ccc(C(F)(F)F)nc1)C1CCN(C(=O)C2CCN(Cc3ccnc(N)c3)CC2)CC1. The third-order valence-electron chi connectivity index (χ3n) is 6.92. The minimum atomic E-state index is -4.49. The summed E-state index contributed by atoms with van der Waals surface area (Å²) in [5, 5.41) is 4.09. The van der Waals surface area contributed by atoms with Crippen molar-refractivity contribution in [3.63, 3.8) is 0 Å². The average Bonchev–Trinajstić information content (AvgIpc) is 2.87. The fourth-order valence-electron chi connectivity index (χ4n) is 4.99. The second kappa shape index (κ2) is 11.2. The number of alkyl halides is 3. The van der Waals surface area contributed by atoms with Gasteiger partial charge in [0.1, 0.15) is 18.6 Å². The molecule has 0 saturated carbocycles. The van der Waals surface area contributed by atoms with E-state index in [0.717, 1.165) is 44.1 Å². The van der Waals surface area contributed by atoms with E-state index in [2.05, 4.69) is 20.0 Å². The van der Waals surface area contributed by atoms with Crippen LogP contribution in [0.4, 0.5) is 19.0 Å². The Kier molecular flexibility index (Phi) is 8.07. The third-order valence-corrected chi connectivity index (χ3v) is 6.92. The van der Waals surface area contributed by atoms with E-state index in [4.69, 9.17) is 10.6 Å². The van der Waals surface area contributed by atoms with Crippen LogP contribution in [0.3, 0.4) is 0 Å². The van der Waals surface area contributed by atoms with E-state index in [1.165, 1.54) is 19.4 Å². The first-order chi connectivity index (χ1) is 17.2. The Balaban J connectivity index is 1.29. The normalized spacial score (nSPS) is 18.9. The van der Waals surface area contributed by atoms with Gasteiger partial charge >= 0.3 is 6.18 Å². The first-order valence-corrected chi connectivity index (χ1v) is 12.1. The molecule has 2 N–H and O–H groups in total. The van der Waals surface area contributed by atoms with E-state index in [9.17, 15) is 18.0 Å². The van der Waals surface area contributed by atoms with Crippen LogP contribution < -0.4 is 5.73 Å². The number of anilines is 1. The molecule has 4 heterocycles. The molecule has 8 nitrogen and oxygen atoms in total. The highest BCUT2D eigenvalue weighted by Crippen LogP contribution is 2.29. The van der Waals surface area contributed by atoms with Crippen molar-refractivity contribution in [2.45, 2.75) is 38.4 Å². The molecule has 0 aliphatic carbocycles. The molecule has 0 bridgehead atoms. The van der Waals surface area contributed by atoms with Gasteiger partial charge in [-0.3, -0.25) is 14.7 Å². The molecule has 2 fully saturated rings. The van der Waals surface area contributed by atoms with Gasteiger partial charge in [-0.05, 0) is 68.6 Å².